The molecule has 0 saturated carbocycles. The lowest BCUT2D eigenvalue weighted by Crippen LogP contribution is -2.16. The Bertz CT molecular complexity index is 260. The molecule has 1 rings (SSSR count). The van der Waals surface area contributed by atoms with Gasteiger partial charge in [0.25, 0.3) is 0 Å². The molecule has 0 aliphatic heterocycles. The fraction of sp³-hybridized carbons (Fsp3) is 0.800. The maximum atomic E-state index is 5.52. The van der Waals surface area contributed by atoms with Crippen LogP contribution in [0.1, 0.15) is 44.9 Å². The third-order valence-electron chi connectivity index (χ3n) is 2.28. The van der Waals surface area contributed by atoms with E-state index in [0.717, 1.165) is 37.7 Å². The smallest absolute Gasteiger partial charge is 0.219 e. The predicted molar refractivity (Wildman–Crippen MR) is 55.3 cm³/mol. The van der Waals surface area contributed by atoms with Crippen LogP contribution in [-0.4, -0.2) is 23.3 Å². The minimum Gasteiger partial charge on any atom is -0.425 e. The van der Waals surface area contributed by atoms with E-state index in [1.807, 2.05) is 0 Å². The minimum atomic E-state index is 0.371. The molecule has 0 saturated heterocycles. The molecule has 1 aromatic heterocycles. The van der Waals surface area contributed by atoms with Crippen molar-refractivity contribution in [3.8, 4) is 0 Å². The summed E-state index contributed by atoms with van der Waals surface area (Å²) >= 11 is 0. The summed E-state index contributed by atoms with van der Waals surface area (Å²) in [7, 11) is 0. The second-order valence-corrected chi connectivity index (χ2v) is 3.45. The standard InChI is InChI=1S/C10H19N3O/c1-4-8(3)10-13-12-9(14-10)6-7-11-5-2/h8,11H,4-7H2,1-3H3. The van der Waals surface area contributed by atoms with Gasteiger partial charge in [-0.25, -0.2) is 0 Å². The van der Waals surface area contributed by atoms with Crippen molar-refractivity contribution in [2.45, 2.75) is 39.5 Å². The molecule has 0 aliphatic rings. The fourth-order valence-corrected chi connectivity index (χ4v) is 1.11. The molecule has 0 aromatic carbocycles. The van der Waals surface area contributed by atoms with Crippen molar-refractivity contribution in [1.82, 2.24) is 15.5 Å². The highest BCUT2D eigenvalue weighted by molar-refractivity contribution is 4.89. The van der Waals surface area contributed by atoms with Crippen LogP contribution >= 0.6 is 0 Å². The van der Waals surface area contributed by atoms with Crippen LogP contribution in [-0.2, 0) is 6.42 Å². The fourth-order valence-electron chi connectivity index (χ4n) is 1.11. The first-order valence-corrected chi connectivity index (χ1v) is 5.30. The summed E-state index contributed by atoms with van der Waals surface area (Å²) in [6.07, 6.45) is 1.85. The van der Waals surface area contributed by atoms with Crippen LogP contribution in [0.25, 0.3) is 0 Å². The van der Waals surface area contributed by atoms with E-state index in [0.29, 0.717) is 5.92 Å². The number of nitrogens with zero attached hydrogens (tertiary/aromatic N) is 2. The molecule has 0 spiro atoms. The second kappa shape index (κ2) is 5.75. The van der Waals surface area contributed by atoms with Gasteiger partial charge in [0.05, 0.1) is 0 Å². The molecule has 0 fully saturated rings. The van der Waals surface area contributed by atoms with Crippen molar-refractivity contribution >= 4 is 0 Å². The van der Waals surface area contributed by atoms with Crippen LogP contribution < -0.4 is 5.32 Å². The van der Waals surface area contributed by atoms with E-state index in [2.05, 4.69) is 36.3 Å². The molecule has 4 nitrogen and oxygen atoms in total. The Labute approximate surface area is 85.1 Å². The molecule has 1 N–H and O–H groups in total. The average molecular weight is 197 g/mol. The number of aromatic nitrogens is 2. The molecule has 1 atom stereocenters. The lowest BCUT2D eigenvalue weighted by molar-refractivity contribution is 0.416. The molecule has 0 bridgehead atoms. The maximum absolute atomic E-state index is 5.52. The summed E-state index contributed by atoms with van der Waals surface area (Å²) in [5.41, 5.74) is 0. The molecule has 1 aromatic rings. The predicted octanol–water partition coefficient (Wildman–Crippen LogP) is 1.74. The van der Waals surface area contributed by atoms with E-state index in [1.54, 1.807) is 0 Å². The first-order chi connectivity index (χ1) is 6.77. The van der Waals surface area contributed by atoms with Crippen molar-refractivity contribution in [3.05, 3.63) is 11.8 Å². The SMILES string of the molecule is CCNCCc1nnc(C(C)CC)o1. The van der Waals surface area contributed by atoms with Gasteiger partial charge in [-0.3, -0.25) is 0 Å². The van der Waals surface area contributed by atoms with E-state index in [4.69, 9.17) is 4.42 Å². The molecule has 80 valence electrons. The van der Waals surface area contributed by atoms with Crippen molar-refractivity contribution in [1.29, 1.82) is 0 Å². The van der Waals surface area contributed by atoms with Crippen molar-refractivity contribution < 1.29 is 4.42 Å². The van der Waals surface area contributed by atoms with Gasteiger partial charge in [0.15, 0.2) is 0 Å². The Morgan fingerprint density at radius 2 is 2.14 bits per heavy atom. The van der Waals surface area contributed by atoms with Gasteiger partial charge in [0.1, 0.15) is 0 Å². The summed E-state index contributed by atoms with van der Waals surface area (Å²) in [6.45, 7) is 8.18. The molecule has 1 unspecified atom stereocenters. The monoisotopic (exact) mass is 197 g/mol. The average Bonchev–Trinajstić information content (AvgIpc) is 2.66. The molecule has 4 heteroatoms. The molecule has 14 heavy (non-hydrogen) atoms. The number of nitrogens with one attached hydrogen (secondary N) is 1. The summed E-state index contributed by atoms with van der Waals surface area (Å²) in [5.74, 6) is 1.87. The number of hydrogen-bond donors (Lipinski definition) is 1. The van der Waals surface area contributed by atoms with E-state index in [1.165, 1.54) is 0 Å². The molecular formula is C10H19N3O. The lowest BCUT2D eigenvalue weighted by Gasteiger charge is -2.00. The summed E-state index contributed by atoms with van der Waals surface area (Å²) in [5, 5.41) is 11.2. The van der Waals surface area contributed by atoms with Crippen LogP contribution in [0.15, 0.2) is 4.42 Å². The molecule has 0 aliphatic carbocycles. The van der Waals surface area contributed by atoms with Crippen LogP contribution in [0.4, 0.5) is 0 Å². The highest BCUT2D eigenvalue weighted by Gasteiger charge is 2.11. The topological polar surface area (TPSA) is 51.0 Å². The number of likely N-dealkylation sites (N-methyl/N-ethyl adjacent to an activating group) is 1. The Morgan fingerprint density at radius 1 is 1.36 bits per heavy atom. The second-order valence-electron chi connectivity index (χ2n) is 3.45. The number of rotatable bonds is 6. The molecular weight excluding hydrogens is 178 g/mol. The van der Waals surface area contributed by atoms with Crippen LogP contribution in [0.2, 0.25) is 0 Å². The third-order valence-corrected chi connectivity index (χ3v) is 2.28. The van der Waals surface area contributed by atoms with E-state index in [-0.39, 0.29) is 0 Å². The first-order valence-electron chi connectivity index (χ1n) is 5.30. The van der Waals surface area contributed by atoms with Gasteiger partial charge in [-0.15, -0.1) is 10.2 Å². The van der Waals surface area contributed by atoms with Gasteiger partial charge >= 0.3 is 0 Å². The lowest BCUT2D eigenvalue weighted by atomic mass is 10.1. The van der Waals surface area contributed by atoms with E-state index >= 15 is 0 Å². The van der Waals surface area contributed by atoms with Crippen molar-refractivity contribution in [3.63, 3.8) is 0 Å². The zero-order valence-electron chi connectivity index (χ0n) is 9.21. The zero-order chi connectivity index (χ0) is 10.4. The maximum Gasteiger partial charge on any atom is 0.219 e. The normalized spacial score (nSPS) is 13.1. The Kier molecular flexibility index (Phi) is 4.59. The summed E-state index contributed by atoms with van der Waals surface area (Å²) in [4.78, 5) is 0. The Morgan fingerprint density at radius 3 is 2.79 bits per heavy atom. The van der Waals surface area contributed by atoms with Gasteiger partial charge in [-0.1, -0.05) is 20.8 Å². The zero-order valence-corrected chi connectivity index (χ0v) is 9.21. The third kappa shape index (κ3) is 3.10. The summed E-state index contributed by atoms with van der Waals surface area (Å²) in [6, 6.07) is 0. The first kappa shape index (κ1) is 11.2. The van der Waals surface area contributed by atoms with Crippen LogP contribution in [0, 0.1) is 0 Å². The quantitative estimate of drug-likeness (QED) is 0.706. The van der Waals surface area contributed by atoms with Crippen molar-refractivity contribution in [2.75, 3.05) is 13.1 Å². The number of hydrogen-bond acceptors (Lipinski definition) is 4. The molecule has 0 amide bonds. The van der Waals surface area contributed by atoms with Gasteiger partial charge < -0.3 is 9.73 Å². The Hall–Kier alpha value is -0.900. The van der Waals surface area contributed by atoms with Crippen LogP contribution in [0.3, 0.4) is 0 Å². The molecule has 1 heterocycles. The highest BCUT2D eigenvalue weighted by atomic mass is 16.4. The largest absolute Gasteiger partial charge is 0.425 e. The van der Waals surface area contributed by atoms with Crippen LogP contribution in [0.5, 0.6) is 0 Å². The minimum absolute atomic E-state index is 0.371. The van der Waals surface area contributed by atoms with E-state index in [9.17, 15) is 0 Å². The van der Waals surface area contributed by atoms with Gasteiger partial charge in [0, 0.05) is 18.9 Å². The summed E-state index contributed by atoms with van der Waals surface area (Å²) < 4.78 is 5.52. The molecule has 0 radical (unpaired) electrons. The Balaban J connectivity index is 2.42. The van der Waals surface area contributed by atoms with Gasteiger partial charge in [-0.05, 0) is 13.0 Å². The van der Waals surface area contributed by atoms with E-state index < -0.39 is 0 Å². The van der Waals surface area contributed by atoms with Gasteiger partial charge in [0.2, 0.25) is 11.8 Å². The van der Waals surface area contributed by atoms with Gasteiger partial charge in [-0.2, -0.15) is 0 Å². The highest BCUT2D eigenvalue weighted by Crippen LogP contribution is 2.16. The van der Waals surface area contributed by atoms with Crippen molar-refractivity contribution in [2.24, 2.45) is 0 Å².